The third kappa shape index (κ3) is 4.31. The third-order valence-corrected chi connectivity index (χ3v) is 5.62. The fourth-order valence-electron chi connectivity index (χ4n) is 3.99. The SMILES string of the molecule is CC1CCc2cc(F)ccc2N1C(=O)C1CN(C(=O)OCc2ccccc2)CCO1. The van der Waals surface area contributed by atoms with Crippen molar-refractivity contribution in [1.29, 1.82) is 0 Å². The molecule has 30 heavy (non-hydrogen) atoms. The van der Waals surface area contributed by atoms with Gasteiger partial charge in [-0.1, -0.05) is 30.3 Å². The lowest BCUT2D eigenvalue weighted by Crippen LogP contribution is -2.55. The van der Waals surface area contributed by atoms with Gasteiger partial charge in [0.2, 0.25) is 0 Å². The van der Waals surface area contributed by atoms with E-state index in [4.69, 9.17) is 9.47 Å². The van der Waals surface area contributed by atoms with Gasteiger partial charge in [0.15, 0.2) is 6.10 Å². The first-order valence-corrected chi connectivity index (χ1v) is 10.2. The first-order chi connectivity index (χ1) is 14.5. The van der Waals surface area contributed by atoms with E-state index in [9.17, 15) is 14.0 Å². The maximum absolute atomic E-state index is 13.6. The number of benzene rings is 2. The Hall–Kier alpha value is -2.93. The number of aryl methyl sites for hydroxylation is 1. The number of halogens is 1. The minimum absolute atomic E-state index is 0.0283. The predicted molar refractivity (Wildman–Crippen MR) is 110 cm³/mol. The molecule has 0 radical (unpaired) electrons. The largest absolute Gasteiger partial charge is 0.445 e. The average molecular weight is 412 g/mol. The van der Waals surface area contributed by atoms with E-state index in [2.05, 4.69) is 0 Å². The Morgan fingerprint density at radius 1 is 1.20 bits per heavy atom. The number of anilines is 1. The van der Waals surface area contributed by atoms with E-state index in [1.54, 1.807) is 11.0 Å². The lowest BCUT2D eigenvalue weighted by atomic mass is 9.95. The van der Waals surface area contributed by atoms with Crippen LogP contribution in [0.1, 0.15) is 24.5 Å². The molecule has 1 fully saturated rings. The van der Waals surface area contributed by atoms with Crippen LogP contribution in [0.3, 0.4) is 0 Å². The third-order valence-electron chi connectivity index (χ3n) is 5.62. The fourth-order valence-corrected chi connectivity index (χ4v) is 3.99. The van der Waals surface area contributed by atoms with Gasteiger partial charge in [-0.25, -0.2) is 9.18 Å². The standard InChI is InChI=1S/C23H25FN2O4/c1-16-7-8-18-13-19(24)9-10-20(18)26(16)22(27)21-14-25(11-12-29-21)23(28)30-15-17-5-3-2-4-6-17/h2-6,9-10,13,16,21H,7-8,11-12,14-15H2,1H3. The number of fused-ring (bicyclic) bond motifs is 1. The summed E-state index contributed by atoms with van der Waals surface area (Å²) in [6.07, 6.45) is 0.231. The summed E-state index contributed by atoms with van der Waals surface area (Å²) in [6.45, 7) is 2.91. The van der Waals surface area contributed by atoms with Gasteiger partial charge in [-0.05, 0) is 49.1 Å². The molecule has 4 rings (SSSR count). The summed E-state index contributed by atoms with van der Waals surface area (Å²) in [7, 11) is 0. The Labute approximate surface area is 175 Å². The number of carbonyl (C=O) groups excluding carboxylic acids is 2. The topological polar surface area (TPSA) is 59.1 Å². The minimum Gasteiger partial charge on any atom is -0.445 e. The van der Waals surface area contributed by atoms with Gasteiger partial charge in [0.1, 0.15) is 12.4 Å². The second-order valence-corrected chi connectivity index (χ2v) is 7.71. The lowest BCUT2D eigenvalue weighted by molar-refractivity contribution is -0.135. The molecule has 2 atom stereocenters. The van der Waals surface area contributed by atoms with E-state index in [0.717, 1.165) is 24.0 Å². The lowest BCUT2D eigenvalue weighted by Gasteiger charge is -2.39. The van der Waals surface area contributed by atoms with Gasteiger partial charge in [0.05, 0.1) is 13.2 Å². The van der Waals surface area contributed by atoms with E-state index in [-0.39, 0.29) is 37.5 Å². The summed E-state index contributed by atoms with van der Waals surface area (Å²) < 4.78 is 24.7. The van der Waals surface area contributed by atoms with E-state index in [1.165, 1.54) is 17.0 Å². The van der Waals surface area contributed by atoms with Crippen LogP contribution in [0.25, 0.3) is 0 Å². The highest BCUT2D eigenvalue weighted by molar-refractivity contribution is 5.98. The number of amides is 2. The number of ether oxygens (including phenoxy) is 2. The van der Waals surface area contributed by atoms with E-state index < -0.39 is 12.2 Å². The van der Waals surface area contributed by atoms with Gasteiger partial charge in [-0.15, -0.1) is 0 Å². The van der Waals surface area contributed by atoms with Crippen molar-refractivity contribution in [2.45, 2.75) is 38.5 Å². The van der Waals surface area contributed by atoms with Crippen molar-refractivity contribution in [2.75, 3.05) is 24.6 Å². The number of rotatable bonds is 3. The number of carbonyl (C=O) groups is 2. The number of morpholine rings is 1. The summed E-state index contributed by atoms with van der Waals surface area (Å²) in [5.41, 5.74) is 2.43. The van der Waals surface area contributed by atoms with Gasteiger partial charge in [-0.2, -0.15) is 0 Å². The molecule has 0 spiro atoms. The molecular weight excluding hydrogens is 387 g/mol. The molecule has 7 heteroatoms. The molecule has 2 aromatic carbocycles. The quantitative estimate of drug-likeness (QED) is 0.774. The molecule has 0 bridgehead atoms. The van der Waals surface area contributed by atoms with Crippen LogP contribution in [0.15, 0.2) is 48.5 Å². The van der Waals surface area contributed by atoms with Gasteiger partial charge < -0.3 is 19.3 Å². The Balaban J connectivity index is 1.43. The number of hydrogen-bond donors (Lipinski definition) is 0. The Morgan fingerprint density at radius 3 is 2.80 bits per heavy atom. The Bertz CT molecular complexity index is 921. The summed E-state index contributed by atoms with van der Waals surface area (Å²) in [6, 6.07) is 13.9. The monoisotopic (exact) mass is 412 g/mol. The Kier molecular flexibility index (Phi) is 5.99. The minimum atomic E-state index is -0.776. The molecular formula is C23H25FN2O4. The van der Waals surface area contributed by atoms with Crippen LogP contribution in [0, 0.1) is 5.82 Å². The van der Waals surface area contributed by atoms with Gasteiger partial charge in [-0.3, -0.25) is 4.79 Å². The number of hydrogen-bond acceptors (Lipinski definition) is 4. The molecule has 2 aliphatic rings. The highest BCUT2D eigenvalue weighted by Gasteiger charge is 2.37. The summed E-state index contributed by atoms with van der Waals surface area (Å²) in [4.78, 5) is 29.0. The molecule has 2 aliphatic heterocycles. The fraction of sp³-hybridized carbons (Fsp3) is 0.391. The normalized spacial score (nSPS) is 21.1. The second-order valence-electron chi connectivity index (χ2n) is 7.71. The smallest absolute Gasteiger partial charge is 0.410 e. The molecule has 0 aromatic heterocycles. The number of nitrogens with zero attached hydrogens (tertiary/aromatic N) is 2. The molecule has 0 aliphatic carbocycles. The molecule has 2 amide bonds. The summed E-state index contributed by atoms with van der Waals surface area (Å²) in [5, 5.41) is 0. The summed E-state index contributed by atoms with van der Waals surface area (Å²) >= 11 is 0. The van der Waals surface area contributed by atoms with Gasteiger partial charge in [0, 0.05) is 18.3 Å². The maximum Gasteiger partial charge on any atom is 0.410 e. The molecule has 6 nitrogen and oxygen atoms in total. The van der Waals surface area contributed by atoms with Gasteiger partial charge >= 0.3 is 6.09 Å². The summed E-state index contributed by atoms with van der Waals surface area (Å²) in [5.74, 6) is -0.521. The van der Waals surface area contributed by atoms with Gasteiger partial charge in [0.25, 0.3) is 5.91 Å². The average Bonchev–Trinajstić information content (AvgIpc) is 2.78. The highest BCUT2D eigenvalue weighted by atomic mass is 19.1. The molecule has 2 unspecified atom stereocenters. The van der Waals surface area contributed by atoms with Crippen molar-refractivity contribution in [3.05, 3.63) is 65.5 Å². The van der Waals surface area contributed by atoms with Crippen LogP contribution >= 0.6 is 0 Å². The highest BCUT2D eigenvalue weighted by Crippen LogP contribution is 2.32. The van der Waals surface area contributed by atoms with Crippen molar-refractivity contribution in [2.24, 2.45) is 0 Å². The zero-order valence-corrected chi connectivity index (χ0v) is 16.9. The second kappa shape index (κ2) is 8.83. The molecule has 2 aromatic rings. The molecule has 1 saturated heterocycles. The maximum atomic E-state index is 13.6. The van der Waals surface area contributed by atoms with Crippen molar-refractivity contribution < 1.29 is 23.5 Å². The van der Waals surface area contributed by atoms with E-state index in [0.29, 0.717) is 12.2 Å². The first kappa shape index (κ1) is 20.3. The first-order valence-electron chi connectivity index (χ1n) is 10.2. The van der Waals surface area contributed by atoms with Crippen molar-refractivity contribution in [3.8, 4) is 0 Å². The van der Waals surface area contributed by atoms with Crippen molar-refractivity contribution >= 4 is 17.7 Å². The van der Waals surface area contributed by atoms with Crippen molar-refractivity contribution in [3.63, 3.8) is 0 Å². The van der Waals surface area contributed by atoms with Crippen LogP contribution in [0.2, 0.25) is 0 Å². The van der Waals surface area contributed by atoms with Crippen LogP contribution in [-0.2, 0) is 27.3 Å². The van der Waals surface area contributed by atoms with Crippen molar-refractivity contribution in [1.82, 2.24) is 4.90 Å². The van der Waals surface area contributed by atoms with Crippen LogP contribution in [0.5, 0.6) is 0 Å². The molecule has 2 heterocycles. The zero-order valence-electron chi connectivity index (χ0n) is 16.9. The molecule has 158 valence electrons. The zero-order chi connectivity index (χ0) is 21.1. The van der Waals surface area contributed by atoms with Crippen LogP contribution in [0.4, 0.5) is 14.9 Å². The predicted octanol–water partition coefficient (Wildman–Crippen LogP) is 3.53. The van der Waals surface area contributed by atoms with E-state index in [1.807, 2.05) is 37.3 Å². The molecule has 0 N–H and O–H groups in total. The van der Waals surface area contributed by atoms with Crippen LogP contribution in [-0.4, -0.2) is 48.7 Å². The Morgan fingerprint density at radius 2 is 2.00 bits per heavy atom. The van der Waals surface area contributed by atoms with E-state index >= 15 is 0 Å². The van der Waals surface area contributed by atoms with Crippen LogP contribution < -0.4 is 4.90 Å². The molecule has 0 saturated carbocycles.